The maximum absolute atomic E-state index is 6.08. The molecule has 0 amide bonds. The second-order valence-corrected chi connectivity index (χ2v) is 5.47. The number of hydrogen-bond donors (Lipinski definition) is 2. The number of nitrogens with two attached hydrogens (primary N) is 1. The normalized spacial score (nSPS) is 14.0. The highest BCUT2D eigenvalue weighted by Gasteiger charge is 2.28. The third kappa shape index (κ3) is 3.19. The molecule has 21 heavy (non-hydrogen) atoms. The van der Waals surface area contributed by atoms with Gasteiger partial charge in [-0.3, -0.25) is 0 Å². The zero-order valence-electron chi connectivity index (χ0n) is 11.8. The molecule has 1 aromatic heterocycles. The molecule has 0 aliphatic heterocycles. The Morgan fingerprint density at radius 1 is 1.29 bits per heavy atom. The van der Waals surface area contributed by atoms with Crippen LogP contribution in [0.5, 0.6) is 5.75 Å². The van der Waals surface area contributed by atoms with Gasteiger partial charge in [-0.1, -0.05) is 23.7 Å². The summed E-state index contributed by atoms with van der Waals surface area (Å²) in [4.78, 5) is 8.73. The van der Waals surface area contributed by atoms with Crippen LogP contribution in [-0.2, 0) is 6.54 Å². The van der Waals surface area contributed by atoms with Crippen molar-refractivity contribution in [3.05, 3.63) is 40.8 Å². The zero-order valence-corrected chi connectivity index (χ0v) is 12.5. The van der Waals surface area contributed by atoms with Crippen LogP contribution in [0.2, 0.25) is 5.15 Å². The molecule has 0 bridgehead atoms. The topological polar surface area (TPSA) is 73.1 Å². The number of nitrogen functional groups attached to an aromatic ring is 1. The van der Waals surface area contributed by atoms with Crippen LogP contribution in [0.1, 0.15) is 30.1 Å². The van der Waals surface area contributed by atoms with E-state index in [4.69, 9.17) is 22.1 Å². The number of anilines is 2. The minimum absolute atomic E-state index is 0.323. The molecule has 0 atom stereocenters. The molecule has 1 aliphatic rings. The molecule has 110 valence electrons. The maximum atomic E-state index is 6.08. The van der Waals surface area contributed by atoms with Crippen molar-refractivity contribution in [2.45, 2.75) is 25.3 Å². The van der Waals surface area contributed by atoms with Crippen molar-refractivity contribution in [2.75, 3.05) is 18.2 Å². The molecule has 0 saturated heterocycles. The van der Waals surface area contributed by atoms with E-state index in [0.717, 1.165) is 30.0 Å². The Morgan fingerprint density at radius 3 is 2.62 bits per heavy atom. The SMILES string of the molecule is COc1ccc(CNc2nc(C3CC3)nc(Cl)c2N)cc1. The fourth-order valence-corrected chi connectivity index (χ4v) is 2.22. The summed E-state index contributed by atoms with van der Waals surface area (Å²) in [5.41, 5.74) is 7.45. The molecule has 1 aliphatic carbocycles. The van der Waals surface area contributed by atoms with E-state index < -0.39 is 0 Å². The monoisotopic (exact) mass is 304 g/mol. The van der Waals surface area contributed by atoms with Crippen LogP contribution in [0.4, 0.5) is 11.5 Å². The summed E-state index contributed by atoms with van der Waals surface area (Å²) in [7, 11) is 1.65. The van der Waals surface area contributed by atoms with E-state index in [1.165, 1.54) is 0 Å². The van der Waals surface area contributed by atoms with Gasteiger partial charge in [-0.25, -0.2) is 9.97 Å². The lowest BCUT2D eigenvalue weighted by molar-refractivity contribution is 0.414. The number of hydrogen-bond acceptors (Lipinski definition) is 5. The van der Waals surface area contributed by atoms with Crippen molar-refractivity contribution in [1.29, 1.82) is 0 Å². The van der Waals surface area contributed by atoms with Gasteiger partial charge >= 0.3 is 0 Å². The van der Waals surface area contributed by atoms with E-state index in [1.54, 1.807) is 7.11 Å². The highest BCUT2D eigenvalue weighted by atomic mass is 35.5. The number of benzene rings is 1. The molecule has 0 unspecified atom stereocenters. The van der Waals surface area contributed by atoms with Gasteiger partial charge in [-0.2, -0.15) is 0 Å². The molecule has 6 heteroatoms. The Kier molecular flexibility index (Phi) is 3.84. The summed E-state index contributed by atoms with van der Waals surface area (Å²) in [5, 5.41) is 3.55. The molecule has 3 rings (SSSR count). The minimum atomic E-state index is 0.323. The molecule has 1 heterocycles. The molecule has 1 fully saturated rings. The maximum Gasteiger partial charge on any atom is 0.157 e. The lowest BCUT2D eigenvalue weighted by Gasteiger charge is -2.11. The van der Waals surface area contributed by atoms with Crippen LogP contribution < -0.4 is 15.8 Å². The summed E-state index contributed by atoms with van der Waals surface area (Å²) >= 11 is 6.08. The molecular weight excluding hydrogens is 288 g/mol. The first kappa shape index (κ1) is 13.9. The summed E-state index contributed by atoms with van der Waals surface area (Å²) in [6.07, 6.45) is 2.25. The van der Waals surface area contributed by atoms with Crippen molar-refractivity contribution in [1.82, 2.24) is 9.97 Å². The quantitative estimate of drug-likeness (QED) is 0.830. The molecule has 0 radical (unpaired) electrons. The predicted octanol–water partition coefficient (Wildman–Crippen LogP) is 3.21. The van der Waals surface area contributed by atoms with Crippen LogP contribution in [0.15, 0.2) is 24.3 Å². The lowest BCUT2D eigenvalue weighted by atomic mass is 10.2. The number of nitrogens with zero attached hydrogens (tertiary/aromatic N) is 2. The summed E-state index contributed by atoms with van der Waals surface area (Å²) < 4.78 is 5.14. The molecular formula is C15H17ClN4O. The smallest absolute Gasteiger partial charge is 0.157 e. The molecule has 5 nitrogen and oxygen atoms in total. The lowest BCUT2D eigenvalue weighted by Crippen LogP contribution is -2.08. The number of aromatic nitrogens is 2. The van der Waals surface area contributed by atoms with Crippen molar-refractivity contribution in [3.8, 4) is 5.75 Å². The minimum Gasteiger partial charge on any atom is -0.497 e. The Morgan fingerprint density at radius 2 is 2.00 bits per heavy atom. The first-order chi connectivity index (χ1) is 10.2. The summed E-state index contributed by atoms with van der Waals surface area (Å²) in [6.45, 7) is 0.617. The number of nitrogens with one attached hydrogen (secondary N) is 1. The number of ether oxygens (including phenoxy) is 1. The van der Waals surface area contributed by atoms with Crippen molar-refractivity contribution in [3.63, 3.8) is 0 Å². The molecule has 1 aromatic carbocycles. The van der Waals surface area contributed by atoms with Crippen molar-refractivity contribution >= 4 is 23.1 Å². The van der Waals surface area contributed by atoms with Gasteiger partial charge in [0.05, 0.1) is 7.11 Å². The van der Waals surface area contributed by atoms with E-state index in [-0.39, 0.29) is 0 Å². The Bertz CT molecular complexity index is 641. The Balaban J connectivity index is 1.74. The third-order valence-electron chi connectivity index (χ3n) is 3.48. The first-order valence-electron chi connectivity index (χ1n) is 6.87. The van der Waals surface area contributed by atoms with E-state index >= 15 is 0 Å². The standard InChI is InChI=1S/C15H17ClN4O/c1-21-11-6-2-9(3-7-11)8-18-15-12(17)13(16)19-14(20-15)10-4-5-10/h2-3,6-7,10H,4-5,8,17H2,1H3,(H,18,19,20). The molecule has 3 N–H and O–H groups in total. The Hall–Kier alpha value is -2.01. The zero-order chi connectivity index (χ0) is 14.8. The van der Waals surface area contributed by atoms with Gasteiger partial charge in [0.2, 0.25) is 0 Å². The van der Waals surface area contributed by atoms with Crippen LogP contribution in [-0.4, -0.2) is 17.1 Å². The molecule has 1 saturated carbocycles. The van der Waals surface area contributed by atoms with E-state index in [2.05, 4.69) is 15.3 Å². The third-order valence-corrected chi connectivity index (χ3v) is 3.77. The summed E-state index contributed by atoms with van der Waals surface area (Å²) in [5.74, 6) is 2.66. The van der Waals surface area contributed by atoms with Gasteiger partial charge in [-0.15, -0.1) is 0 Å². The number of halogens is 1. The van der Waals surface area contributed by atoms with Crippen LogP contribution >= 0.6 is 11.6 Å². The van der Waals surface area contributed by atoms with Gasteiger partial charge < -0.3 is 15.8 Å². The van der Waals surface area contributed by atoms with Crippen LogP contribution in [0, 0.1) is 0 Å². The fraction of sp³-hybridized carbons (Fsp3) is 0.333. The largest absolute Gasteiger partial charge is 0.497 e. The van der Waals surface area contributed by atoms with Gasteiger partial charge in [0.15, 0.2) is 11.0 Å². The highest BCUT2D eigenvalue weighted by Crippen LogP contribution is 2.40. The number of rotatable bonds is 5. The van der Waals surface area contributed by atoms with Crippen LogP contribution in [0.25, 0.3) is 0 Å². The first-order valence-corrected chi connectivity index (χ1v) is 7.25. The molecule has 0 spiro atoms. The summed E-state index contributed by atoms with van der Waals surface area (Å²) in [6, 6.07) is 7.82. The average Bonchev–Trinajstić information content (AvgIpc) is 3.34. The Labute approximate surface area is 128 Å². The van der Waals surface area contributed by atoms with E-state index in [0.29, 0.717) is 29.1 Å². The average molecular weight is 305 g/mol. The second-order valence-electron chi connectivity index (χ2n) is 5.11. The van der Waals surface area contributed by atoms with E-state index in [9.17, 15) is 0 Å². The van der Waals surface area contributed by atoms with Crippen molar-refractivity contribution in [2.24, 2.45) is 0 Å². The predicted molar refractivity (Wildman–Crippen MR) is 83.8 cm³/mol. The van der Waals surface area contributed by atoms with E-state index in [1.807, 2.05) is 24.3 Å². The van der Waals surface area contributed by atoms with Gasteiger partial charge in [0, 0.05) is 12.5 Å². The highest BCUT2D eigenvalue weighted by molar-refractivity contribution is 6.32. The van der Waals surface area contributed by atoms with Gasteiger partial charge in [-0.05, 0) is 30.5 Å². The van der Waals surface area contributed by atoms with Gasteiger partial charge in [0.1, 0.15) is 17.3 Å². The second kappa shape index (κ2) is 5.77. The van der Waals surface area contributed by atoms with Gasteiger partial charge in [0.25, 0.3) is 0 Å². The fourth-order valence-electron chi connectivity index (χ4n) is 2.05. The van der Waals surface area contributed by atoms with Crippen molar-refractivity contribution < 1.29 is 4.74 Å². The molecule has 2 aromatic rings. The van der Waals surface area contributed by atoms with Crippen LogP contribution in [0.3, 0.4) is 0 Å². The number of methoxy groups -OCH3 is 1.